The van der Waals surface area contributed by atoms with Crippen molar-refractivity contribution in [3.63, 3.8) is 0 Å². The van der Waals surface area contributed by atoms with Gasteiger partial charge in [-0.3, -0.25) is 0 Å². The fourth-order valence-corrected chi connectivity index (χ4v) is 1.81. The van der Waals surface area contributed by atoms with Crippen LogP contribution in [0.15, 0.2) is 41.0 Å². The van der Waals surface area contributed by atoms with Crippen LogP contribution in [0.25, 0.3) is 0 Å². The summed E-state index contributed by atoms with van der Waals surface area (Å²) in [6, 6.07) is 7.41. The Morgan fingerprint density at radius 3 is 2.84 bits per heavy atom. The van der Waals surface area contributed by atoms with Gasteiger partial charge < -0.3 is 14.8 Å². The Morgan fingerprint density at radius 2 is 2.26 bits per heavy atom. The van der Waals surface area contributed by atoms with Gasteiger partial charge in [-0.1, -0.05) is 0 Å². The molecule has 0 bridgehead atoms. The Bertz CT molecular complexity index is 566. The Balaban J connectivity index is 2.04. The number of carboxylic acid groups (broad SMARTS) is 1. The molecule has 100 valence electrons. The van der Waals surface area contributed by atoms with Crippen molar-refractivity contribution in [3.05, 3.63) is 53.7 Å². The van der Waals surface area contributed by atoms with E-state index < -0.39 is 11.8 Å². The summed E-state index contributed by atoms with van der Waals surface area (Å²) in [7, 11) is 0. The summed E-state index contributed by atoms with van der Waals surface area (Å²) in [6.45, 7) is 1.90. The molecule has 2 N–H and O–H groups in total. The molecule has 0 radical (unpaired) electrons. The van der Waals surface area contributed by atoms with E-state index in [-0.39, 0.29) is 17.3 Å². The molecule has 19 heavy (non-hydrogen) atoms. The van der Waals surface area contributed by atoms with Gasteiger partial charge in [0.25, 0.3) is 0 Å². The second-order valence-electron chi connectivity index (χ2n) is 4.33. The number of hydrogen-bond acceptors (Lipinski definition) is 3. The number of furan rings is 1. The predicted octanol–water partition coefficient (Wildman–Crippen LogP) is 3.16. The molecule has 0 amide bonds. The first-order valence-corrected chi connectivity index (χ1v) is 5.88. The Labute approximate surface area is 109 Å². The van der Waals surface area contributed by atoms with Crippen molar-refractivity contribution in [1.29, 1.82) is 0 Å². The second kappa shape index (κ2) is 5.56. The molecule has 0 aliphatic carbocycles. The van der Waals surface area contributed by atoms with E-state index in [1.165, 1.54) is 12.1 Å². The summed E-state index contributed by atoms with van der Waals surface area (Å²) < 4.78 is 18.9. The summed E-state index contributed by atoms with van der Waals surface area (Å²) in [4.78, 5) is 10.7. The average molecular weight is 263 g/mol. The van der Waals surface area contributed by atoms with Crippen molar-refractivity contribution in [2.45, 2.75) is 19.4 Å². The van der Waals surface area contributed by atoms with Gasteiger partial charge in [-0.05, 0) is 37.3 Å². The number of hydrogen-bond donors (Lipinski definition) is 2. The van der Waals surface area contributed by atoms with Crippen molar-refractivity contribution in [2.75, 3.05) is 5.32 Å². The monoisotopic (exact) mass is 263 g/mol. The minimum atomic E-state index is -1.14. The van der Waals surface area contributed by atoms with Gasteiger partial charge in [0, 0.05) is 12.5 Å². The van der Waals surface area contributed by atoms with Gasteiger partial charge in [0.1, 0.15) is 11.6 Å². The Kier molecular flexibility index (Phi) is 3.85. The molecular weight excluding hydrogens is 249 g/mol. The lowest BCUT2D eigenvalue weighted by atomic mass is 10.1. The van der Waals surface area contributed by atoms with Gasteiger partial charge in [0.2, 0.25) is 0 Å². The molecular formula is C14H14FNO3. The summed E-state index contributed by atoms with van der Waals surface area (Å²) >= 11 is 0. The van der Waals surface area contributed by atoms with Crippen LogP contribution in [0.3, 0.4) is 0 Å². The van der Waals surface area contributed by atoms with E-state index in [0.29, 0.717) is 6.42 Å². The Hall–Kier alpha value is -2.30. The number of aromatic carboxylic acids is 1. The molecule has 1 heterocycles. The predicted molar refractivity (Wildman–Crippen MR) is 68.9 cm³/mol. The van der Waals surface area contributed by atoms with Gasteiger partial charge >= 0.3 is 5.97 Å². The fourth-order valence-electron chi connectivity index (χ4n) is 1.81. The summed E-state index contributed by atoms with van der Waals surface area (Å²) in [5.41, 5.74) is 0.214. The molecule has 1 aromatic heterocycles. The minimum absolute atomic E-state index is 0.0312. The first-order valence-electron chi connectivity index (χ1n) is 5.88. The lowest BCUT2D eigenvalue weighted by Crippen LogP contribution is -2.18. The zero-order chi connectivity index (χ0) is 13.8. The number of benzene rings is 1. The molecule has 1 aromatic carbocycles. The molecule has 2 aromatic rings. The van der Waals surface area contributed by atoms with E-state index in [9.17, 15) is 9.18 Å². The third-order valence-electron chi connectivity index (χ3n) is 2.71. The lowest BCUT2D eigenvalue weighted by Gasteiger charge is -2.14. The van der Waals surface area contributed by atoms with E-state index in [2.05, 4.69) is 5.32 Å². The van der Waals surface area contributed by atoms with Crippen LogP contribution in [0.1, 0.15) is 23.0 Å². The molecule has 2 rings (SSSR count). The number of rotatable bonds is 5. The molecule has 4 nitrogen and oxygen atoms in total. The topological polar surface area (TPSA) is 62.5 Å². The molecule has 0 saturated heterocycles. The minimum Gasteiger partial charge on any atom is -0.478 e. The van der Waals surface area contributed by atoms with Gasteiger partial charge in [0.15, 0.2) is 0 Å². The highest BCUT2D eigenvalue weighted by molar-refractivity contribution is 5.88. The average Bonchev–Trinajstić information content (AvgIpc) is 2.84. The van der Waals surface area contributed by atoms with Gasteiger partial charge in [-0.15, -0.1) is 0 Å². The molecule has 0 aliphatic heterocycles. The van der Waals surface area contributed by atoms with Crippen molar-refractivity contribution in [1.82, 2.24) is 0 Å². The van der Waals surface area contributed by atoms with E-state index in [4.69, 9.17) is 9.52 Å². The first-order chi connectivity index (χ1) is 9.06. The van der Waals surface area contributed by atoms with Crippen molar-refractivity contribution >= 4 is 11.7 Å². The van der Waals surface area contributed by atoms with Crippen LogP contribution in [0.4, 0.5) is 10.1 Å². The van der Waals surface area contributed by atoms with Crippen LogP contribution in [-0.4, -0.2) is 17.1 Å². The summed E-state index contributed by atoms with van der Waals surface area (Å²) in [6.07, 6.45) is 2.21. The van der Waals surface area contributed by atoms with E-state index in [1.807, 2.05) is 13.0 Å². The van der Waals surface area contributed by atoms with Crippen LogP contribution in [0.5, 0.6) is 0 Å². The van der Waals surface area contributed by atoms with Gasteiger partial charge in [-0.25, -0.2) is 9.18 Å². The van der Waals surface area contributed by atoms with E-state index >= 15 is 0 Å². The highest BCUT2D eigenvalue weighted by Crippen LogP contribution is 2.18. The molecule has 1 atom stereocenters. The molecule has 1 unspecified atom stereocenters. The Morgan fingerprint density at radius 1 is 1.47 bits per heavy atom. The molecule has 0 saturated carbocycles. The fraction of sp³-hybridized carbons (Fsp3) is 0.214. The van der Waals surface area contributed by atoms with Crippen LogP contribution in [-0.2, 0) is 6.42 Å². The third kappa shape index (κ3) is 3.34. The summed E-state index contributed by atoms with van der Waals surface area (Å²) in [5.74, 6) is -0.914. The highest BCUT2D eigenvalue weighted by atomic mass is 19.1. The highest BCUT2D eigenvalue weighted by Gasteiger charge is 2.11. The lowest BCUT2D eigenvalue weighted by molar-refractivity contribution is 0.0696. The molecule has 0 spiro atoms. The largest absolute Gasteiger partial charge is 0.478 e. The number of anilines is 1. The van der Waals surface area contributed by atoms with Gasteiger partial charge in [0.05, 0.1) is 17.5 Å². The maximum atomic E-state index is 13.7. The van der Waals surface area contributed by atoms with E-state index in [0.717, 1.165) is 11.8 Å². The maximum Gasteiger partial charge on any atom is 0.335 e. The standard InChI is InChI=1S/C14H14FNO3/c1-9(7-11-3-2-6-19-11)16-13-5-4-10(14(17)18)8-12(13)15/h2-6,8-9,16H,7H2,1H3,(H,17,18). The third-order valence-corrected chi connectivity index (χ3v) is 2.71. The summed E-state index contributed by atoms with van der Waals surface area (Å²) in [5, 5.41) is 11.7. The van der Waals surface area contributed by atoms with Crippen LogP contribution < -0.4 is 5.32 Å². The van der Waals surface area contributed by atoms with Gasteiger partial charge in [-0.2, -0.15) is 0 Å². The van der Waals surface area contributed by atoms with Crippen LogP contribution in [0.2, 0.25) is 0 Å². The molecule has 0 aliphatic rings. The number of carbonyl (C=O) groups is 1. The maximum absolute atomic E-state index is 13.7. The van der Waals surface area contributed by atoms with Crippen LogP contribution in [0, 0.1) is 5.82 Å². The molecule has 0 fully saturated rings. The quantitative estimate of drug-likeness (QED) is 0.869. The van der Waals surface area contributed by atoms with E-state index in [1.54, 1.807) is 12.3 Å². The number of carboxylic acids is 1. The number of halogens is 1. The van der Waals surface area contributed by atoms with Crippen molar-refractivity contribution in [2.24, 2.45) is 0 Å². The van der Waals surface area contributed by atoms with Crippen molar-refractivity contribution in [3.8, 4) is 0 Å². The zero-order valence-electron chi connectivity index (χ0n) is 10.4. The smallest absolute Gasteiger partial charge is 0.335 e. The second-order valence-corrected chi connectivity index (χ2v) is 4.33. The van der Waals surface area contributed by atoms with Crippen LogP contribution >= 0.6 is 0 Å². The zero-order valence-corrected chi connectivity index (χ0v) is 10.4. The first kappa shape index (κ1) is 13.1. The normalized spacial score (nSPS) is 12.1. The number of nitrogens with one attached hydrogen (secondary N) is 1. The molecule has 5 heteroatoms. The SMILES string of the molecule is CC(Cc1ccco1)Nc1ccc(C(=O)O)cc1F. The van der Waals surface area contributed by atoms with Crippen molar-refractivity contribution < 1.29 is 18.7 Å².